The lowest BCUT2D eigenvalue weighted by molar-refractivity contribution is 1.45. The van der Waals surface area contributed by atoms with E-state index in [1.54, 1.807) is 6.07 Å². The molecule has 0 aromatic heterocycles. The summed E-state index contributed by atoms with van der Waals surface area (Å²) in [5.74, 6) is 0. The second-order valence-corrected chi connectivity index (χ2v) is 3.69. The molecule has 54 valence electrons. The van der Waals surface area contributed by atoms with Crippen LogP contribution in [-0.4, -0.2) is 0 Å². The van der Waals surface area contributed by atoms with E-state index in [9.17, 15) is 0 Å². The molecule has 0 bridgehead atoms. The highest BCUT2D eigenvalue weighted by Crippen LogP contribution is 2.29. The summed E-state index contributed by atoms with van der Waals surface area (Å²) < 4.78 is 0.846. The van der Waals surface area contributed by atoms with Crippen molar-refractivity contribution in [2.45, 2.75) is 6.92 Å². The summed E-state index contributed by atoms with van der Waals surface area (Å²) in [7, 11) is 0. The molecule has 0 atom stereocenters. The zero-order valence-corrected chi connectivity index (χ0v) is 8.39. The Bertz CT molecular complexity index is 235. The molecule has 1 aromatic carbocycles. The molecular weight excluding hydrogens is 235 g/mol. The maximum Gasteiger partial charge on any atom is 0.0578 e. The van der Waals surface area contributed by atoms with E-state index in [4.69, 9.17) is 23.2 Å². The zero-order valence-electron chi connectivity index (χ0n) is 5.29. The third kappa shape index (κ3) is 1.66. The minimum absolute atomic E-state index is 0.703. The van der Waals surface area contributed by atoms with Gasteiger partial charge < -0.3 is 0 Å². The van der Waals surface area contributed by atoms with Gasteiger partial charge in [-0.2, -0.15) is 0 Å². The second-order valence-electron chi connectivity index (χ2n) is 2.02. The molecule has 0 spiro atoms. The van der Waals surface area contributed by atoms with Gasteiger partial charge >= 0.3 is 0 Å². The molecule has 10 heavy (non-hydrogen) atoms. The van der Waals surface area contributed by atoms with Gasteiger partial charge in [0.2, 0.25) is 0 Å². The molecule has 0 N–H and O–H groups in total. The van der Waals surface area contributed by atoms with E-state index in [0.29, 0.717) is 5.02 Å². The van der Waals surface area contributed by atoms with Crippen LogP contribution in [0.2, 0.25) is 10.0 Å². The van der Waals surface area contributed by atoms with E-state index < -0.39 is 0 Å². The Morgan fingerprint density at radius 2 is 1.90 bits per heavy atom. The molecule has 0 aliphatic carbocycles. The molecule has 0 fully saturated rings. The highest BCUT2D eigenvalue weighted by molar-refractivity contribution is 9.10. The van der Waals surface area contributed by atoms with Crippen LogP contribution in [0, 0.1) is 6.92 Å². The number of hydrogen-bond acceptors (Lipinski definition) is 0. The normalized spacial score (nSPS) is 10.0. The Kier molecular flexibility index (Phi) is 2.61. The number of rotatable bonds is 0. The average Bonchev–Trinajstić information content (AvgIpc) is 1.82. The molecule has 0 aliphatic heterocycles. The lowest BCUT2D eigenvalue weighted by atomic mass is 10.2. The summed E-state index contributed by atoms with van der Waals surface area (Å²) in [6, 6.07) is 3.60. The molecule has 3 heteroatoms. The standard InChI is InChI=1S/C7H5BrCl2/c1-4-2-5(9)3-6(8)7(4)10/h2-3H,1H3. The van der Waals surface area contributed by atoms with Crippen LogP contribution >= 0.6 is 39.1 Å². The van der Waals surface area contributed by atoms with Crippen LogP contribution in [0.15, 0.2) is 16.6 Å². The van der Waals surface area contributed by atoms with Crippen molar-refractivity contribution in [2.24, 2.45) is 0 Å². The van der Waals surface area contributed by atoms with Gasteiger partial charge in [0, 0.05) is 9.50 Å². The fourth-order valence-corrected chi connectivity index (χ4v) is 1.76. The number of hydrogen-bond donors (Lipinski definition) is 0. The molecule has 0 aliphatic rings. The Balaban J connectivity index is 3.31. The van der Waals surface area contributed by atoms with Crippen LogP contribution in [-0.2, 0) is 0 Å². The fraction of sp³-hybridized carbons (Fsp3) is 0.143. The number of halogens is 3. The molecule has 0 unspecified atom stereocenters. The highest BCUT2D eigenvalue weighted by atomic mass is 79.9. The Hall–Kier alpha value is 0.280. The van der Waals surface area contributed by atoms with Crippen LogP contribution in [0.25, 0.3) is 0 Å². The van der Waals surface area contributed by atoms with Gasteiger partial charge in [-0.25, -0.2) is 0 Å². The highest BCUT2D eigenvalue weighted by Gasteiger charge is 2.00. The van der Waals surface area contributed by atoms with Crippen molar-refractivity contribution in [3.05, 3.63) is 32.2 Å². The molecule has 0 nitrogen and oxygen atoms in total. The third-order valence-corrected chi connectivity index (χ3v) is 2.75. The molecular formula is C7H5BrCl2. The van der Waals surface area contributed by atoms with E-state index >= 15 is 0 Å². The number of benzene rings is 1. The van der Waals surface area contributed by atoms with Crippen molar-refractivity contribution >= 4 is 39.1 Å². The average molecular weight is 240 g/mol. The molecule has 0 saturated heterocycles. The van der Waals surface area contributed by atoms with Gasteiger partial charge in [-0.1, -0.05) is 23.2 Å². The lowest BCUT2D eigenvalue weighted by Gasteiger charge is -1.99. The van der Waals surface area contributed by atoms with Crippen molar-refractivity contribution in [1.29, 1.82) is 0 Å². The third-order valence-electron chi connectivity index (χ3n) is 1.17. The van der Waals surface area contributed by atoms with Gasteiger partial charge in [0.25, 0.3) is 0 Å². The molecule has 0 radical (unpaired) electrons. The van der Waals surface area contributed by atoms with Crippen molar-refractivity contribution in [3.8, 4) is 0 Å². The summed E-state index contributed by atoms with van der Waals surface area (Å²) >= 11 is 14.9. The zero-order chi connectivity index (χ0) is 7.72. The molecule has 0 amide bonds. The van der Waals surface area contributed by atoms with Gasteiger partial charge in [0.05, 0.1) is 5.02 Å². The monoisotopic (exact) mass is 238 g/mol. The van der Waals surface area contributed by atoms with Crippen molar-refractivity contribution in [3.63, 3.8) is 0 Å². The van der Waals surface area contributed by atoms with Crippen LogP contribution in [0.5, 0.6) is 0 Å². The Morgan fingerprint density at radius 3 is 2.40 bits per heavy atom. The lowest BCUT2D eigenvalue weighted by Crippen LogP contribution is -1.76. The largest absolute Gasteiger partial charge is 0.0843 e. The first-order valence-electron chi connectivity index (χ1n) is 2.72. The van der Waals surface area contributed by atoms with E-state index in [1.807, 2.05) is 13.0 Å². The first-order valence-corrected chi connectivity index (χ1v) is 4.27. The smallest absolute Gasteiger partial charge is 0.0578 e. The molecule has 1 rings (SSSR count). The Labute approximate surface area is 78.3 Å². The van der Waals surface area contributed by atoms with Gasteiger partial charge in [0.15, 0.2) is 0 Å². The van der Waals surface area contributed by atoms with E-state index in [0.717, 1.165) is 15.1 Å². The molecule has 0 heterocycles. The van der Waals surface area contributed by atoms with E-state index in [2.05, 4.69) is 15.9 Å². The minimum atomic E-state index is 0.703. The molecule has 0 saturated carbocycles. The van der Waals surface area contributed by atoms with Crippen LogP contribution in [0.3, 0.4) is 0 Å². The van der Waals surface area contributed by atoms with Crippen molar-refractivity contribution in [1.82, 2.24) is 0 Å². The van der Waals surface area contributed by atoms with Crippen molar-refractivity contribution < 1.29 is 0 Å². The molecule has 1 aromatic rings. The van der Waals surface area contributed by atoms with Gasteiger partial charge in [-0.15, -0.1) is 0 Å². The topological polar surface area (TPSA) is 0 Å². The van der Waals surface area contributed by atoms with Crippen LogP contribution < -0.4 is 0 Å². The maximum atomic E-state index is 5.84. The second kappa shape index (κ2) is 3.12. The van der Waals surface area contributed by atoms with Crippen LogP contribution in [0.4, 0.5) is 0 Å². The first kappa shape index (κ1) is 8.38. The van der Waals surface area contributed by atoms with Crippen molar-refractivity contribution in [2.75, 3.05) is 0 Å². The maximum absolute atomic E-state index is 5.84. The van der Waals surface area contributed by atoms with Gasteiger partial charge in [-0.3, -0.25) is 0 Å². The minimum Gasteiger partial charge on any atom is -0.0843 e. The van der Waals surface area contributed by atoms with E-state index in [1.165, 1.54) is 0 Å². The fourth-order valence-electron chi connectivity index (χ4n) is 0.685. The summed E-state index contributed by atoms with van der Waals surface area (Å²) in [4.78, 5) is 0. The SMILES string of the molecule is Cc1cc(Cl)cc(Br)c1Cl. The summed E-state index contributed by atoms with van der Waals surface area (Å²) in [6.45, 7) is 1.92. The van der Waals surface area contributed by atoms with Crippen LogP contribution in [0.1, 0.15) is 5.56 Å². The first-order chi connectivity index (χ1) is 4.61. The summed E-state index contributed by atoms with van der Waals surface area (Å²) in [6.07, 6.45) is 0. The van der Waals surface area contributed by atoms with Gasteiger partial charge in [0.1, 0.15) is 0 Å². The van der Waals surface area contributed by atoms with E-state index in [-0.39, 0.29) is 0 Å². The number of aryl methyl sites for hydroxylation is 1. The summed E-state index contributed by atoms with van der Waals surface area (Å²) in [5.41, 5.74) is 0.987. The quantitative estimate of drug-likeness (QED) is 0.599. The van der Waals surface area contributed by atoms with Gasteiger partial charge in [-0.05, 0) is 40.5 Å². The predicted molar refractivity (Wildman–Crippen MR) is 48.9 cm³/mol. The Morgan fingerprint density at radius 1 is 1.30 bits per heavy atom. The summed E-state index contributed by atoms with van der Waals surface area (Å²) in [5, 5.41) is 1.43. The predicted octanol–water partition coefficient (Wildman–Crippen LogP) is 4.06.